The number of ether oxygens (including phenoxy) is 1. The van der Waals surface area contributed by atoms with Gasteiger partial charge >= 0.3 is 5.97 Å². The van der Waals surface area contributed by atoms with E-state index in [1.807, 2.05) is 0 Å². The lowest BCUT2D eigenvalue weighted by atomic mass is 10.1. The highest BCUT2D eigenvalue weighted by molar-refractivity contribution is 5.91. The molecule has 0 saturated carbocycles. The van der Waals surface area contributed by atoms with E-state index in [4.69, 9.17) is 4.74 Å². The fraction of sp³-hybridized carbons (Fsp3) is 0.200. The van der Waals surface area contributed by atoms with Crippen LogP contribution in [-0.2, 0) is 4.74 Å². The quantitative estimate of drug-likeness (QED) is 0.644. The van der Waals surface area contributed by atoms with E-state index in [-0.39, 0.29) is 5.56 Å². The van der Waals surface area contributed by atoms with Gasteiger partial charge in [-0.05, 0) is 24.6 Å². The van der Waals surface area contributed by atoms with Gasteiger partial charge in [0.1, 0.15) is 0 Å². The smallest absolute Gasteiger partial charge is 0.338 e. The molecule has 0 aliphatic rings. The van der Waals surface area contributed by atoms with Crippen molar-refractivity contribution >= 4 is 11.9 Å². The molecule has 0 fully saturated rings. The molecule has 74 valence electrons. The van der Waals surface area contributed by atoms with Gasteiger partial charge in [0.25, 0.3) is 0 Å². The highest BCUT2D eigenvalue weighted by atomic mass is 16.5. The first-order valence-corrected chi connectivity index (χ1v) is 4.13. The van der Waals surface area contributed by atoms with Crippen molar-refractivity contribution in [1.82, 2.24) is 0 Å². The molecule has 1 aromatic rings. The first-order valence-electron chi connectivity index (χ1n) is 4.13. The number of hydrogen-bond donors (Lipinski definition) is 0. The van der Waals surface area contributed by atoms with Gasteiger partial charge in [-0.2, -0.15) is 0 Å². The molecule has 1 rings (SSSR count). The van der Waals surface area contributed by atoms with Crippen LogP contribution in [0.3, 0.4) is 0 Å². The summed E-state index contributed by atoms with van der Waals surface area (Å²) in [6.45, 7) is 1.99. The van der Waals surface area contributed by atoms with Gasteiger partial charge in [0, 0.05) is 0 Å². The molecule has 0 aliphatic carbocycles. The second-order valence-electron chi connectivity index (χ2n) is 2.59. The van der Waals surface area contributed by atoms with Gasteiger partial charge in [0.15, 0.2) is 0 Å². The zero-order valence-electron chi connectivity index (χ0n) is 7.65. The third-order valence-electron chi connectivity index (χ3n) is 1.63. The third-order valence-corrected chi connectivity index (χ3v) is 1.63. The Morgan fingerprint density at radius 3 is 2.14 bits per heavy atom. The number of rotatable bonds is 3. The van der Waals surface area contributed by atoms with Gasteiger partial charge in [0.05, 0.1) is 18.1 Å². The van der Waals surface area contributed by atoms with Crippen molar-refractivity contribution in [2.24, 2.45) is 0 Å². The van der Waals surface area contributed by atoms with E-state index in [2.05, 4.69) is 0 Å². The summed E-state index contributed by atoms with van der Waals surface area (Å²) >= 11 is 0. The lowest BCUT2D eigenvalue weighted by Gasteiger charge is -2.04. The van der Waals surface area contributed by atoms with Crippen molar-refractivity contribution < 1.29 is 19.4 Å². The Balaban J connectivity index is 2.83. The molecule has 0 N–H and O–H groups in total. The number of aromatic carboxylic acids is 1. The second kappa shape index (κ2) is 4.41. The lowest BCUT2D eigenvalue weighted by Crippen LogP contribution is -2.22. The van der Waals surface area contributed by atoms with Crippen LogP contribution in [0.5, 0.6) is 0 Å². The van der Waals surface area contributed by atoms with Crippen molar-refractivity contribution in [3.05, 3.63) is 35.4 Å². The number of carboxylic acid groups (broad SMARTS) is 1. The Morgan fingerprint density at radius 2 is 1.71 bits per heavy atom. The summed E-state index contributed by atoms with van der Waals surface area (Å²) in [5.74, 6) is -1.72. The summed E-state index contributed by atoms with van der Waals surface area (Å²) in [5, 5.41) is 10.4. The van der Waals surface area contributed by atoms with Gasteiger partial charge < -0.3 is 14.6 Å². The minimum atomic E-state index is -1.26. The molecule has 0 saturated heterocycles. The van der Waals surface area contributed by atoms with Crippen LogP contribution >= 0.6 is 0 Å². The topological polar surface area (TPSA) is 66.4 Å². The van der Waals surface area contributed by atoms with Gasteiger partial charge in [-0.15, -0.1) is 0 Å². The molecule has 0 heterocycles. The monoisotopic (exact) mass is 193 g/mol. The van der Waals surface area contributed by atoms with E-state index in [9.17, 15) is 14.7 Å². The normalized spacial score (nSPS) is 9.50. The zero-order chi connectivity index (χ0) is 10.6. The summed E-state index contributed by atoms with van der Waals surface area (Å²) in [6.07, 6.45) is 0. The second-order valence-corrected chi connectivity index (χ2v) is 2.59. The van der Waals surface area contributed by atoms with Crippen LogP contribution in [0, 0.1) is 0 Å². The lowest BCUT2D eigenvalue weighted by molar-refractivity contribution is -0.255. The summed E-state index contributed by atoms with van der Waals surface area (Å²) in [5.41, 5.74) is 0.370. The number of benzene rings is 1. The van der Waals surface area contributed by atoms with Crippen LogP contribution in [0.2, 0.25) is 0 Å². The van der Waals surface area contributed by atoms with Crippen LogP contribution in [0.4, 0.5) is 0 Å². The Kier molecular flexibility index (Phi) is 3.23. The predicted octanol–water partition coefficient (Wildman–Crippen LogP) is 0.227. The maximum Gasteiger partial charge on any atom is 0.338 e. The largest absolute Gasteiger partial charge is 0.545 e. The van der Waals surface area contributed by atoms with Crippen molar-refractivity contribution in [2.45, 2.75) is 6.92 Å². The molecule has 0 bridgehead atoms. The van der Waals surface area contributed by atoms with Crippen molar-refractivity contribution in [1.29, 1.82) is 0 Å². The Bertz CT molecular complexity index is 340. The fourth-order valence-corrected chi connectivity index (χ4v) is 0.957. The molecular weight excluding hydrogens is 184 g/mol. The minimum Gasteiger partial charge on any atom is -0.545 e. The molecule has 0 aromatic heterocycles. The first kappa shape index (κ1) is 10.2. The molecule has 0 atom stereocenters. The molecule has 0 spiro atoms. The maximum absolute atomic E-state index is 11.1. The average molecular weight is 193 g/mol. The van der Waals surface area contributed by atoms with E-state index >= 15 is 0 Å². The van der Waals surface area contributed by atoms with Gasteiger partial charge in [0.2, 0.25) is 0 Å². The van der Waals surface area contributed by atoms with Gasteiger partial charge in [-0.3, -0.25) is 0 Å². The standard InChI is InChI=1S/C10H10O4/c1-2-14-10(13)8-5-3-7(4-6-8)9(11)12/h3-6H,2H2,1H3,(H,11,12)/p-1. The highest BCUT2D eigenvalue weighted by Gasteiger charge is 2.05. The summed E-state index contributed by atoms with van der Waals surface area (Å²) < 4.78 is 4.73. The molecule has 0 unspecified atom stereocenters. The average Bonchev–Trinajstić information content (AvgIpc) is 2.18. The van der Waals surface area contributed by atoms with Crippen molar-refractivity contribution in [3.8, 4) is 0 Å². The van der Waals surface area contributed by atoms with E-state index in [1.165, 1.54) is 24.3 Å². The van der Waals surface area contributed by atoms with Gasteiger partial charge in [-0.25, -0.2) is 4.79 Å². The molecule has 4 heteroatoms. The molecule has 1 aromatic carbocycles. The van der Waals surface area contributed by atoms with E-state index < -0.39 is 11.9 Å². The van der Waals surface area contributed by atoms with Crippen LogP contribution < -0.4 is 5.11 Å². The Morgan fingerprint density at radius 1 is 1.21 bits per heavy atom. The predicted molar refractivity (Wildman–Crippen MR) is 46.7 cm³/mol. The number of carbonyl (C=O) groups excluding carboxylic acids is 2. The molecule has 0 radical (unpaired) electrons. The van der Waals surface area contributed by atoms with Crippen LogP contribution in [-0.4, -0.2) is 18.5 Å². The molecular formula is C10H9O4-. The number of esters is 1. The first-order chi connectivity index (χ1) is 6.65. The van der Waals surface area contributed by atoms with E-state index in [0.29, 0.717) is 12.2 Å². The number of carbonyl (C=O) groups is 2. The van der Waals surface area contributed by atoms with Crippen molar-refractivity contribution in [2.75, 3.05) is 6.61 Å². The van der Waals surface area contributed by atoms with Crippen LogP contribution in [0.1, 0.15) is 27.6 Å². The summed E-state index contributed by atoms with van der Waals surface area (Å²) in [7, 11) is 0. The molecule has 4 nitrogen and oxygen atoms in total. The minimum absolute atomic E-state index is 0.0399. The fourth-order valence-electron chi connectivity index (χ4n) is 0.957. The van der Waals surface area contributed by atoms with Gasteiger partial charge in [-0.1, -0.05) is 12.1 Å². The maximum atomic E-state index is 11.1. The molecule has 0 amide bonds. The SMILES string of the molecule is CCOC(=O)c1ccc(C(=O)[O-])cc1. The van der Waals surface area contributed by atoms with Crippen molar-refractivity contribution in [3.63, 3.8) is 0 Å². The zero-order valence-corrected chi connectivity index (χ0v) is 7.65. The van der Waals surface area contributed by atoms with Crippen LogP contribution in [0.15, 0.2) is 24.3 Å². The Labute approximate surface area is 81.1 Å². The highest BCUT2D eigenvalue weighted by Crippen LogP contribution is 2.05. The number of carboxylic acids is 1. The van der Waals surface area contributed by atoms with E-state index in [1.54, 1.807) is 6.92 Å². The van der Waals surface area contributed by atoms with E-state index in [0.717, 1.165) is 0 Å². The molecule has 14 heavy (non-hydrogen) atoms. The van der Waals surface area contributed by atoms with Crippen LogP contribution in [0.25, 0.3) is 0 Å². The Hall–Kier alpha value is -1.84. The molecule has 0 aliphatic heterocycles. The summed E-state index contributed by atoms with van der Waals surface area (Å²) in [4.78, 5) is 21.5. The third kappa shape index (κ3) is 2.32. The number of hydrogen-bond acceptors (Lipinski definition) is 4. The summed E-state index contributed by atoms with van der Waals surface area (Å²) in [6, 6.07) is 5.40.